The topological polar surface area (TPSA) is 68.0 Å². The highest BCUT2D eigenvalue weighted by atomic mass is 16.3. The summed E-state index contributed by atoms with van der Waals surface area (Å²) in [5.41, 5.74) is 2.68. The van der Waals surface area contributed by atoms with Crippen molar-refractivity contribution in [2.24, 2.45) is 0 Å². The van der Waals surface area contributed by atoms with Gasteiger partial charge in [0, 0.05) is 23.4 Å². The number of pyridine rings is 1. The minimum atomic E-state index is -0.223. The van der Waals surface area contributed by atoms with Gasteiger partial charge in [-0.2, -0.15) is 0 Å². The van der Waals surface area contributed by atoms with E-state index in [1.807, 2.05) is 45.0 Å². The maximum atomic E-state index is 12.0. The predicted molar refractivity (Wildman–Crippen MR) is 94.6 cm³/mol. The smallest absolute Gasteiger partial charge is 0.248 e. The molecule has 24 heavy (non-hydrogen) atoms. The van der Waals surface area contributed by atoms with Crippen molar-refractivity contribution < 1.29 is 9.21 Å². The highest BCUT2D eigenvalue weighted by Gasteiger charge is 2.20. The molecule has 0 aliphatic rings. The maximum absolute atomic E-state index is 12.0. The second-order valence-corrected chi connectivity index (χ2v) is 6.53. The summed E-state index contributed by atoms with van der Waals surface area (Å²) in [5.74, 6) is 0.454. The van der Waals surface area contributed by atoms with Crippen LogP contribution in [-0.2, 0) is 10.2 Å². The van der Waals surface area contributed by atoms with Crippen LogP contribution >= 0.6 is 0 Å². The highest BCUT2D eigenvalue weighted by Crippen LogP contribution is 2.27. The van der Waals surface area contributed by atoms with Gasteiger partial charge in [-0.25, -0.2) is 4.98 Å². The molecule has 1 amide bonds. The number of carbonyl (C=O) groups excluding carboxylic acids is 1. The normalized spacial score (nSPS) is 12.0. The number of rotatable bonds is 3. The van der Waals surface area contributed by atoms with E-state index in [-0.39, 0.29) is 11.3 Å². The van der Waals surface area contributed by atoms with Crippen LogP contribution in [0, 0.1) is 0 Å². The molecule has 0 bridgehead atoms. The average Bonchev–Trinajstić information content (AvgIpc) is 2.97. The fourth-order valence-electron chi connectivity index (χ4n) is 2.15. The zero-order valence-corrected chi connectivity index (χ0v) is 13.9. The molecule has 0 atom stereocenters. The lowest BCUT2D eigenvalue weighted by Crippen LogP contribution is -2.11. The van der Waals surface area contributed by atoms with Crippen molar-refractivity contribution in [3.05, 3.63) is 60.3 Å². The predicted octanol–water partition coefficient (Wildman–Crippen LogP) is 4.17. The molecule has 5 heteroatoms. The number of hydrogen-bond donors (Lipinski definition) is 1. The Labute approximate surface area is 140 Å². The van der Waals surface area contributed by atoms with Gasteiger partial charge in [0.15, 0.2) is 5.58 Å². The first kappa shape index (κ1) is 15.9. The Hall–Kier alpha value is -2.95. The SMILES string of the molecule is CC(C)(C)c1nc2cc(NC(=O)/C=C/c3ccccn3)ccc2o1. The lowest BCUT2D eigenvalue weighted by molar-refractivity contribution is -0.111. The van der Waals surface area contributed by atoms with Gasteiger partial charge in [0.2, 0.25) is 11.8 Å². The van der Waals surface area contributed by atoms with Gasteiger partial charge in [0.05, 0.1) is 5.69 Å². The Kier molecular flexibility index (Phi) is 4.16. The fourth-order valence-corrected chi connectivity index (χ4v) is 2.15. The lowest BCUT2D eigenvalue weighted by atomic mass is 9.97. The first-order chi connectivity index (χ1) is 11.4. The first-order valence-corrected chi connectivity index (χ1v) is 7.73. The van der Waals surface area contributed by atoms with Crippen LogP contribution in [0.15, 0.2) is 53.1 Å². The first-order valence-electron chi connectivity index (χ1n) is 7.73. The quantitative estimate of drug-likeness (QED) is 0.735. The summed E-state index contributed by atoms with van der Waals surface area (Å²) >= 11 is 0. The van der Waals surface area contributed by atoms with Crippen molar-refractivity contribution in [2.45, 2.75) is 26.2 Å². The second kappa shape index (κ2) is 6.28. The van der Waals surface area contributed by atoms with E-state index in [1.54, 1.807) is 24.4 Å². The molecule has 0 fully saturated rings. The average molecular weight is 321 g/mol. The number of nitrogens with one attached hydrogen (secondary N) is 1. The van der Waals surface area contributed by atoms with Crippen LogP contribution in [0.25, 0.3) is 17.2 Å². The summed E-state index contributed by atoms with van der Waals surface area (Å²) in [4.78, 5) is 20.7. The van der Waals surface area contributed by atoms with E-state index in [2.05, 4.69) is 15.3 Å². The molecular weight excluding hydrogens is 302 g/mol. The molecule has 1 aromatic carbocycles. The van der Waals surface area contributed by atoms with Crippen molar-refractivity contribution in [3.8, 4) is 0 Å². The standard InChI is InChI=1S/C19H19N3O2/c1-19(2,3)18-22-15-12-14(7-9-16(15)24-18)21-17(23)10-8-13-6-4-5-11-20-13/h4-12H,1-3H3,(H,21,23)/b10-8+. The third-order valence-corrected chi connectivity index (χ3v) is 3.39. The molecular formula is C19H19N3O2. The Morgan fingerprint density at radius 1 is 1.21 bits per heavy atom. The van der Waals surface area contributed by atoms with Crippen LogP contribution in [0.2, 0.25) is 0 Å². The van der Waals surface area contributed by atoms with Crippen molar-refractivity contribution in [1.82, 2.24) is 9.97 Å². The molecule has 122 valence electrons. The van der Waals surface area contributed by atoms with Gasteiger partial charge < -0.3 is 9.73 Å². The van der Waals surface area contributed by atoms with E-state index in [0.717, 1.165) is 11.2 Å². The molecule has 0 spiro atoms. The van der Waals surface area contributed by atoms with Crippen LogP contribution in [0.3, 0.4) is 0 Å². The summed E-state index contributed by atoms with van der Waals surface area (Å²) in [5, 5.41) is 2.82. The Morgan fingerprint density at radius 3 is 2.75 bits per heavy atom. The number of carbonyl (C=O) groups is 1. The molecule has 5 nitrogen and oxygen atoms in total. The number of aromatic nitrogens is 2. The van der Waals surface area contributed by atoms with Gasteiger partial charge in [-0.15, -0.1) is 0 Å². The number of benzene rings is 1. The minimum Gasteiger partial charge on any atom is -0.440 e. The highest BCUT2D eigenvalue weighted by molar-refractivity contribution is 6.02. The number of nitrogens with zero attached hydrogens (tertiary/aromatic N) is 2. The third-order valence-electron chi connectivity index (χ3n) is 3.39. The number of fused-ring (bicyclic) bond motifs is 1. The second-order valence-electron chi connectivity index (χ2n) is 6.53. The molecule has 0 aliphatic carbocycles. The van der Waals surface area contributed by atoms with Gasteiger partial charge in [-0.05, 0) is 36.4 Å². The van der Waals surface area contributed by atoms with Gasteiger partial charge in [-0.1, -0.05) is 26.8 Å². The Balaban J connectivity index is 1.75. The number of oxazole rings is 1. The lowest BCUT2D eigenvalue weighted by Gasteiger charge is -2.11. The summed E-state index contributed by atoms with van der Waals surface area (Å²) < 4.78 is 5.75. The third kappa shape index (κ3) is 3.68. The molecule has 2 heterocycles. The van der Waals surface area contributed by atoms with Crippen molar-refractivity contribution in [1.29, 1.82) is 0 Å². The van der Waals surface area contributed by atoms with Crippen LogP contribution in [0.1, 0.15) is 32.4 Å². The molecule has 0 radical (unpaired) electrons. The number of hydrogen-bond acceptors (Lipinski definition) is 4. The Morgan fingerprint density at radius 2 is 2.04 bits per heavy atom. The summed E-state index contributed by atoms with van der Waals surface area (Å²) in [6.07, 6.45) is 4.81. The summed E-state index contributed by atoms with van der Waals surface area (Å²) in [6, 6.07) is 11.0. The van der Waals surface area contributed by atoms with Crippen molar-refractivity contribution in [3.63, 3.8) is 0 Å². The van der Waals surface area contributed by atoms with Crippen LogP contribution in [-0.4, -0.2) is 15.9 Å². The van der Waals surface area contributed by atoms with E-state index in [4.69, 9.17) is 4.42 Å². The molecule has 0 aliphatic heterocycles. The molecule has 0 saturated heterocycles. The minimum absolute atomic E-state index is 0.159. The monoisotopic (exact) mass is 321 g/mol. The van der Waals surface area contributed by atoms with Crippen molar-refractivity contribution >= 4 is 28.8 Å². The zero-order valence-electron chi connectivity index (χ0n) is 13.9. The molecule has 0 saturated carbocycles. The van der Waals surface area contributed by atoms with E-state index in [9.17, 15) is 4.79 Å². The van der Waals surface area contributed by atoms with E-state index >= 15 is 0 Å². The van der Waals surface area contributed by atoms with Gasteiger partial charge in [0.25, 0.3) is 0 Å². The summed E-state index contributed by atoms with van der Waals surface area (Å²) in [7, 11) is 0. The van der Waals surface area contributed by atoms with E-state index in [0.29, 0.717) is 17.2 Å². The molecule has 1 N–H and O–H groups in total. The van der Waals surface area contributed by atoms with Crippen LogP contribution < -0.4 is 5.32 Å². The van der Waals surface area contributed by atoms with E-state index < -0.39 is 0 Å². The number of anilines is 1. The molecule has 0 unspecified atom stereocenters. The molecule has 2 aromatic heterocycles. The fraction of sp³-hybridized carbons (Fsp3) is 0.211. The van der Waals surface area contributed by atoms with E-state index in [1.165, 1.54) is 6.08 Å². The van der Waals surface area contributed by atoms with Gasteiger partial charge in [-0.3, -0.25) is 9.78 Å². The van der Waals surface area contributed by atoms with Gasteiger partial charge in [0.1, 0.15) is 5.52 Å². The molecule has 3 rings (SSSR count). The number of amides is 1. The zero-order chi connectivity index (χ0) is 17.2. The van der Waals surface area contributed by atoms with Gasteiger partial charge >= 0.3 is 0 Å². The van der Waals surface area contributed by atoms with Crippen molar-refractivity contribution in [2.75, 3.05) is 5.32 Å². The summed E-state index contributed by atoms with van der Waals surface area (Å²) in [6.45, 7) is 6.13. The maximum Gasteiger partial charge on any atom is 0.248 e. The van der Waals surface area contributed by atoms with Crippen LogP contribution in [0.4, 0.5) is 5.69 Å². The van der Waals surface area contributed by atoms with Crippen LogP contribution in [0.5, 0.6) is 0 Å². The molecule has 3 aromatic rings. The largest absolute Gasteiger partial charge is 0.440 e. The Bertz CT molecular complexity index is 890.